The third-order valence-corrected chi connectivity index (χ3v) is 3.84. The molecule has 0 radical (unpaired) electrons. The molecule has 1 aromatic carbocycles. The van der Waals surface area contributed by atoms with Crippen molar-refractivity contribution in [3.05, 3.63) is 34.5 Å². The van der Waals surface area contributed by atoms with E-state index < -0.39 is 5.97 Å². The molecule has 0 aliphatic heterocycles. The molecule has 94 valence electrons. The van der Waals surface area contributed by atoms with Gasteiger partial charge < -0.3 is 9.94 Å². The van der Waals surface area contributed by atoms with E-state index in [0.717, 1.165) is 11.3 Å². The molecule has 0 atom stereocenters. The molecule has 2 rings (SSSR count). The Balaban J connectivity index is 2.72. The second-order valence-corrected chi connectivity index (χ2v) is 4.62. The fraction of sp³-hybridized carbons (Fsp3) is 0.167. The molecule has 4 nitrogen and oxygen atoms in total. The zero-order chi connectivity index (χ0) is 13.3. The number of aryl methyl sites for hydroxylation is 1. The molecule has 1 heterocycles. The molecule has 6 heteroatoms. The zero-order valence-corrected chi connectivity index (χ0v) is 10.5. The van der Waals surface area contributed by atoms with Gasteiger partial charge in [0.1, 0.15) is 12.9 Å². The number of carboxylic acids is 1. The first-order valence-electron chi connectivity index (χ1n) is 5.08. The van der Waals surface area contributed by atoms with Crippen molar-refractivity contribution in [3.63, 3.8) is 0 Å². The predicted octanol–water partition coefficient (Wildman–Crippen LogP) is 2.78. The number of benzene rings is 1. The summed E-state index contributed by atoms with van der Waals surface area (Å²) in [5.74, 6) is -1.57. The minimum Gasteiger partial charge on any atom is -0.476 e. The molecule has 0 saturated heterocycles. The Kier molecular flexibility index (Phi) is 3.29. The number of hydrogen-bond donors (Lipinski definition) is 1. The van der Waals surface area contributed by atoms with Gasteiger partial charge in [-0.3, -0.25) is 0 Å². The molecule has 0 amide bonds. The molecule has 1 N–H and O–H groups in total. The van der Waals surface area contributed by atoms with Crippen LogP contribution in [0.25, 0.3) is 10.1 Å². The van der Waals surface area contributed by atoms with Gasteiger partial charge in [-0.15, -0.1) is 11.3 Å². The number of carboxylic acid groups (broad SMARTS) is 1. The lowest BCUT2D eigenvalue weighted by Crippen LogP contribution is -2.14. The van der Waals surface area contributed by atoms with Crippen LogP contribution in [0.3, 0.4) is 0 Å². The Morgan fingerprint density at radius 1 is 1.50 bits per heavy atom. The Morgan fingerprint density at radius 3 is 2.78 bits per heavy atom. The summed E-state index contributed by atoms with van der Waals surface area (Å²) < 4.78 is 14.0. The molecule has 18 heavy (non-hydrogen) atoms. The van der Waals surface area contributed by atoms with Crippen molar-refractivity contribution in [1.29, 1.82) is 0 Å². The average molecular weight is 267 g/mol. The first kappa shape index (κ1) is 12.5. The lowest BCUT2D eigenvalue weighted by atomic mass is 10.1. The maximum Gasteiger partial charge on any atom is 0.359 e. The molecular formula is C12H10FNO3S. The van der Waals surface area contributed by atoms with Gasteiger partial charge in [-0.25, -0.2) is 9.18 Å². The van der Waals surface area contributed by atoms with Crippen molar-refractivity contribution in [3.8, 4) is 0 Å². The summed E-state index contributed by atoms with van der Waals surface area (Å²) in [5, 5.41) is 13.3. The highest BCUT2D eigenvalue weighted by molar-refractivity contribution is 7.21. The molecule has 0 unspecified atom stereocenters. The monoisotopic (exact) mass is 267 g/mol. The fourth-order valence-electron chi connectivity index (χ4n) is 1.70. The number of rotatable bonds is 3. The Morgan fingerprint density at radius 2 is 2.22 bits per heavy atom. The van der Waals surface area contributed by atoms with Gasteiger partial charge in [0.05, 0.1) is 9.58 Å². The topological polar surface area (TPSA) is 58.9 Å². The summed E-state index contributed by atoms with van der Waals surface area (Å²) in [4.78, 5) is 16.0. The van der Waals surface area contributed by atoms with Crippen LogP contribution < -0.4 is 0 Å². The lowest BCUT2D eigenvalue weighted by molar-refractivity contribution is -0.129. The molecule has 0 fully saturated rings. The third kappa shape index (κ3) is 1.95. The molecule has 0 saturated carbocycles. The highest BCUT2D eigenvalue weighted by atomic mass is 32.1. The van der Waals surface area contributed by atoms with Crippen molar-refractivity contribution in [2.45, 2.75) is 6.92 Å². The van der Waals surface area contributed by atoms with Crippen molar-refractivity contribution < 1.29 is 19.1 Å². The van der Waals surface area contributed by atoms with Crippen LogP contribution in [0.4, 0.5) is 4.39 Å². The van der Waals surface area contributed by atoms with Crippen LogP contribution in [0, 0.1) is 12.7 Å². The third-order valence-electron chi connectivity index (χ3n) is 2.52. The van der Waals surface area contributed by atoms with Crippen LogP contribution in [0.5, 0.6) is 0 Å². The molecular weight excluding hydrogens is 257 g/mol. The predicted molar refractivity (Wildman–Crippen MR) is 67.7 cm³/mol. The maximum absolute atomic E-state index is 13.6. The van der Waals surface area contributed by atoms with Gasteiger partial charge in [0.15, 0.2) is 0 Å². The standard InChI is InChI=1S/C12H10FNO3S/c1-6-7-4-3-5-8(13)11(7)18-10(6)9(12(15)16)14-17-2/h3-5H,1-2H3,(H,15,16). The molecule has 0 bridgehead atoms. The van der Waals surface area contributed by atoms with Crippen LogP contribution in [0.1, 0.15) is 10.4 Å². The van der Waals surface area contributed by atoms with Crippen molar-refractivity contribution in [2.24, 2.45) is 5.16 Å². The number of carbonyl (C=O) groups is 1. The average Bonchev–Trinajstić information content (AvgIpc) is 2.65. The molecule has 0 spiro atoms. The van der Waals surface area contributed by atoms with E-state index in [4.69, 9.17) is 5.11 Å². The van der Waals surface area contributed by atoms with E-state index in [1.165, 1.54) is 13.2 Å². The van der Waals surface area contributed by atoms with E-state index in [1.807, 2.05) is 0 Å². The maximum atomic E-state index is 13.6. The van der Waals surface area contributed by atoms with Gasteiger partial charge >= 0.3 is 5.97 Å². The second-order valence-electron chi connectivity index (χ2n) is 3.60. The minimum absolute atomic E-state index is 0.212. The van der Waals surface area contributed by atoms with E-state index in [9.17, 15) is 9.18 Å². The smallest absolute Gasteiger partial charge is 0.359 e. The number of oxime groups is 1. The first-order valence-corrected chi connectivity index (χ1v) is 5.90. The second kappa shape index (κ2) is 4.73. The number of thiophene rings is 1. The summed E-state index contributed by atoms with van der Waals surface area (Å²) in [6.45, 7) is 1.74. The van der Waals surface area contributed by atoms with Gasteiger partial charge in [-0.05, 0) is 23.9 Å². The molecule has 0 aliphatic rings. The molecule has 0 aliphatic carbocycles. The van der Waals surface area contributed by atoms with Gasteiger partial charge in [0, 0.05) is 0 Å². The summed E-state index contributed by atoms with van der Waals surface area (Å²) in [7, 11) is 1.27. The summed E-state index contributed by atoms with van der Waals surface area (Å²) in [5.41, 5.74) is 0.475. The van der Waals surface area contributed by atoms with E-state index in [-0.39, 0.29) is 11.5 Å². The number of halogens is 1. The molecule has 1 aromatic heterocycles. The lowest BCUT2D eigenvalue weighted by Gasteiger charge is -1.98. The summed E-state index contributed by atoms with van der Waals surface area (Å²) >= 11 is 1.06. The Labute approximate surface area is 106 Å². The number of fused-ring (bicyclic) bond motifs is 1. The van der Waals surface area contributed by atoms with Crippen LogP contribution in [0.2, 0.25) is 0 Å². The van der Waals surface area contributed by atoms with Crippen LogP contribution in [-0.4, -0.2) is 23.9 Å². The minimum atomic E-state index is -1.20. The quantitative estimate of drug-likeness (QED) is 0.687. The number of hydrogen-bond acceptors (Lipinski definition) is 4. The van der Waals surface area contributed by atoms with Gasteiger partial charge in [0.25, 0.3) is 0 Å². The van der Waals surface area contributed by atoms with E-state index in [2.05, 4.69) is 9.99 Å². The zero-order valence-electron chi connectivity index (χ0n) is 9.73. The van der Waals surface area contributed by atoms with Crippen molar-refractivity contribution >= 4 is 33.1 Å². The highest BCUT2D eigenvalue weighted by Crippen LogP contribution is 2.33. The van der Waals surface area contributed by atoms with E-state index in [0.29, 0.717) is 20.5 Å². The Hall–Kier alpha value is -1.95. The van der Waals surface area contributed by atoms with E-state index in [1.54, 1.807) is 19.1 Å². The summed E-state index contributed by atoms with van der Waals surface area (Å²) in [6, 6.07) is 4.69. The highest BCUT2D eigenvalue weighted by Gasteiger charge is 2.21. The van der Waals surface area contributed by atoms with Crippen molar-refractivity contribution in [2.75, 3.05) is 7.11 Å². The van der Waals surface area contributed by atoms with Crippen LogP contribution >= 0.6 is 11.3 Å². The Bertz CT molecular complexity index is 648. The van der Waals surface area contributed by atoms with Gasteiger partial charge in [-0.1, -0.05) is 17.3 Å². The fourth-order valence-corrected chi connectivity index (χ4v) is 2.89. The number of nitrogens with zero attached hydrogens (tertiary/aromatic N) is 1. The largest absolute Gasteiger partial charge is 0.476 e. The summed E-state index contributed by atoms with van der Waals surface area (Å²) in [6.07, 6.45) is 0. The number of aliphatic carboxylic acids is 1. The normalized spacial score (nSPS) is 11.8. The SMILES string of the molecule is CON=C(C(=O)O)c1sc2c(F)cccc2c1C. The van der Waals surface area contributed by atoms with Gasteiger partial charge in [-0.2, -0.15) is 0 Å². The van der Waals surface area contributed by atoms with Crippen molar-refractivity contribution in [1.82, 2.24) is 0 Å². The van der Waals surface area contributed by atoms with Crippen LogP contribution in [-0.2, 0) is 9.63 Å². The van der Waals surface area contributed by atoms with E-state index >= 15 is 0 Å². The van der Waals surface area contributed by atoms with Crippen LogP contribution in [0.15, 0.2) is 23.4 Å². The molecule has 2 aromatic rings. The first-order chi connectivity index (χ1) is 8.56. The van der Waals surface area contributed by atoms with Gasteiger partial charge in [0.2, 0.25) is 5.71 Å².